The number of aromatic nitrogens is 1. The van der Waals surface area contributed by atoms with Crippen LogP contribution in [0, 0.1) is 6.92 Å². The van der Waals surface area contributed by atoms with Crippen LogP contribution in [0.3, 0.4) is 0 Å². The van der Waals surface area contributed by atoms with Gasteiger partial charge < -0.3 is 15.5 Å². The van der Waals surface area contributed by atoms with Crippen LogP contribution in [0.15, 0.2) is 66.9 Å². The Kier molecular flexibility index (Phi) is 5.75. The molecule has 148 valence electrons. The highest BCUT2D eigenvalue weighted by atomic mass is 16.1. The first-order valence-electron chi connectivity index (χ1n) is 10.1. The minimum Gasteiger partial charge on any atom is -0.372 e. The highest BCUT2D eigenvalue weighted by Gasteiger charge is 2.12. The normalized spacial score (nSPS) is 13.3. The second-order valence-electron chi connectivity index (χ2n) is 7.46. The fraction of sp³-hybridized carbons (Fsp3) is 0.250. The molecule has 0 spiro atoms. The summed E-state index contributed by atoms with van der Waals surface area (Å²) in [5.74, 6) is -0.182. The molecule has 2 N–H and O–H groups in total. The average Bonchev–Trinajstić information content (AvgIpc) is 3.29. The number of nitrogens with one attached hydrogen (secondary N) is 2. The highest BCUT2D eigenvalue weighted by molar-refractivity contribution is 5.93. The van der Waals surface area contributed by atoms with Gasteiger partial charge in [0.1, 0.15) is 5.69 Å². The van der Waals surface area contributed by atoms with E-state index in [0.29, 0.717) is 12.2 Å². The highest BCUT2D eigenvalue weighted by Crippen LogP contribution is 2.24. The number of carbonyl (C=O) groups is 1. The molecule has 3 aromatic rings. The monoisotopic (exact) mass is 386 g/mol. The number of nitrogens with zero attached hydrogens (tertiary/aromatic N) is 2. The van der Waals surface area contributed by atoms with Gasteiger partial charge in [-0.3, -0.25) is 9.78 Å². The van der Waals surface area contributed by atoms with Gasteiger partial charge in [0.25, 0.3) is 5.91 Å². The number of hydrogen-bond donors (Lipinski definition) is 2. The van der Waals surface area contributed by atoms with Gasteiger partial charge in [0.2, 0.25) is 0 Å². The number of aryl methyl sites for hydroxylation is 1. The molecule has 2 heterocycles. The molecule has 1 fully saturated rings. The zero-order valence-corrected chi connectivity index (χ0v) is 16.7. The van der Waals surface area contributed by atoms with E-state index in [9.17, 15) is 4.79 Å². The summed E-state index contributed by atoms with van der Waals surface area (Å²) in [6.07, 6.45) is 4.19. The van der Waals surface area contributed by atoms with Gasteiger partial charge >= 0.3 is 0 Å². The summed E-state index contributed by atoms with van der Waals surface area (Å²) >= 11 is 0. The van der Waals surface area contributed by atoms with Crippen molar-refractivity contribution in [3.63, 3.8) is 0 Å². The van der Waals surface area contributed by atoms with Gasteiger partial charge in [-0.05, 0) is 61.7 Å². The molecule has 2 aromatic carbocycles. The summed E-state index contributed by atoms with van der Waals surface area (Å²) in [6, 6.07) is 20.2. The predicted octanol–water partition coefficient (Wildman–Crippen LogP) is 4.66. The Morgan fingerprint density at radius 2 is 1.69 bits per heavy atom. The van der Waals surface area contributed by atoms with Gasteiger partial charge in [-0.1, -0.05) is 29.8 Å². The van der Waals surface area contributed by atoms with Crippen molar-refractivity contribution in [1.82, 2.24) is 10.3 Å². The predicted molar refractivity (Wildman–Crippen MR) is 118 cm³/mol. The minimum absolute atomic E-state index is 0.182. The van der Waals surface area contributed by atoms with Crippen molar-refractivity contribution >= 4 is 23.0 Å². The van der Waals surface area contributed by atoms with E-state index in [1.54, 1.807) is 12.3 Å². The average molecular weight is 386 g/mol. The second kappa shape index (κ2) is 8.78. The van der Waals surface area contributed by atoms with Crippen molar-refractivity contribution < 1.29 is 4.79 Å². The molecule has 0 atom stereocenters. The van der Waals surface area contributed by atoms with Gasteiger partial charge in [-0.15, -0.1) is 0 Å². The Labute approximate surface area is 171 Å². The van der Waals surface area contributed by atoms with E-state index in [1.807, 2.05) is 37.3 Å². The minimum atomic E-state index is -0.182. The molecule has 5 nitrogen and oxygen atoms in total. The number of benzene rings is 2. The molecule has 1 aliphatic rings. The van der Waals surface area contributed by atoms with Crippen LogP contribution in [0.5, 0.6) is 0 Å². The Bertz CT molecular complexity index is 961. The SMILES string of the molecule is Cc1ccc(CNC(=O)c2cc(Nc3ccc(N4CCCC4)cc3)ccn2)cc1. The lowest BCUT2D eigenvalue weighted by Gasteiger charge is -2.18. The molecule has 1 aliphatic heterocycles. The third-order valence-corrected chi connectivity index (χ3v) is 5.19. The summed E-state index contributed by atoms with van der Waals surface area (Å²) in [5, 5.41) is 6.29. The van der Waals surface area contributed by atoms with Crippen LogP contribution in [0.1, 0.15) is 34.5 Å². The van der Waals surface area contributed by atoms with Gasteiger partial charge in [0.05, 0.1) is 0 Å². The maximum absolute atomic E-state index is 12.5. The zero-order chi connectivity index (χ0) is 20.1. The third-order valence-electron chi connectivity index (χ3n) is 5.19. The van der Waals surface area contributed by atoms with Crippen molar-refractivity contribution in [2.24, 2.45) is 0 Å². The summed E-state index contributed by atoms with van der Waals surface area (Å²) < 4.78 is 0. The molecule has 0 bridgehead atoms. The van der Waals surface area contributed by atoms with E-state index < -0.39 is 0 Å². The molecular formula is C24H26N4O. The van der Waals surface area contributed by atoms with Gasteiger partial charge in [-0.2, -0.15) is 0 Å². The number of pyridine rings is 1. The Morgan fingerprint density at radius 1 is 0.966 bits per heavy atom. The molecule has 0 saturated carbocycles. The van der Waals surface area contributed by atoms with Gasteiger partial charge in [0.15, 0.2) is 0 Å². The van der Waals surface area contributed by atoms with E-state index in [0.717, 1.165) is 30.0 Å². The van der Waals surface area contributed by atoms with Crippen LogP contribution in [0.4, 0.5) is 17.1 Å². The van der Waals surface area contributed by atoms with Crippen molar-refractivity contribution in [3.8, 4) is 0 Å². The van der Waals surface area contributed by atoms with Gasteiger partial charge in [-0.25, -0.2) is 0 Å². The topological polar surface area (TPSA) is 57.3 Å². The summed E-state index contributed by atoms with van der Waals surface area (Å²) in [5.41, 5.74) is 5.76. The second-order valence-corrected chi connectivity index (χ2v) is 7.46. The zero-order valence-electron chi connectivity index (χ0n) is 16.7. The summed E-state index contributed by atoms with van der Waals surface area (Å²) in [6.45, 7) is 4.80. The first-order chi connectivity index (χ1) is 14.2. The molecule has 1 saturated heterocycles. The van der Waals surface area contributed by atoms with E-state index in [1.165, 1.54) is 24.1 Å². The standard InChI is InChI=1S/C24H26N4O/c1-18-4-6-19(7-5-18)17-26-24(29)23-16-21(12-13-25-23)27-20-8-10-22(11-9-20)28-14-2-3-15-28/h4-13,16H,2-3,14-15,17H2,1H3,(H,25,27)(H,26,29). The van der Waals surface area contributed by atoms with Crippen molar-refractivity contribution in [2.45, 2.75) is 26.3 Å². The van der Waals surface area contributed by atoms with E-state index in [-0.39, 0.29) is 5.91 Å². The first kappa shape index (κ1) is 19.0. The van der Waals surface area contributed by atoms with Crippen LogP contribution >= 0.6 is 0 Å². The van der Waals surface area contributed by atoms with Crippen LogP contribution in [0.2, 0.25) is 0 Å². The number of carbonyl (C=O) groups excluding carboxylic acids is 1. The summed E-state index contributed by atoms with van der Waals surface area (Å²) in [4.78, 5) is 19.1. The molecule has 4 rings (SSSR count). The van der Waals surface area contributed by atoms with Crippen LogP contribution < -0.4 is 15.5 Å². The maximum atomic E-state index is 12.5. The molecule has 0 unspecified atom stereocenters. The summed E-state index contributed by atoms with van der Waals surface area (Å²) in [7, 11) is 0. The molecular weight excluding hydrogens is 360 g/mol. The quantitative estimate of drug-likeness (QED) is 0.647. The smallest absolute Gasteiger partial charge is 0.270 e. The third kappa shape index (κ3) is 4.93. The van der Waals surface area contributed by atoms with Gasteiger partial charge in [0, 0.05) is 42.9 Å². The Morgan fingerprint density at radius 3 is 2.41 bits per heavy atom. The largest absolute Gasteiger partial charge is 0.372 e. The van der Waals surface area contributed by atoms with E-state index >= 15 is 0 Å². The van der Waals surface area contributed by atoms with Crippen molar-refractivity contribution in [1.29, 1.82) is 0 Å². The maximum Gasteiger partial charge on any atom is 0.270 e. The van der Waals surface area contributed by atoms with Crippen molar-refractivity contribution in [3.05, 3.63) is 83.7 Å². The molecule has 29 heavy (non-hydrogen) atoms. The number of anilines is 3. The van der Waals surface area contributed by atoms with Crippen LogP contribution in [0.25, 0.3) is 0 Å². The molecule has 0 radical (unpaired) electrons. The first-order valence-corrected chi connectivity index (χ1v) is 10.1. The molecule has 1 aromatic heterocycles. The lowest BCUT2D eigenvalue weighted by molar-refractivity contribution is 0.0946. The Balaban J connectivity index is 1.37. The lowest BCUT2D eigenvalue weighted by Crippen LogP contribution is -2.23. The molecule has 5 heteroatoms. The van der Waals surface area contributed by atoms with E-state index in [2.05, 4.69) is 44.8 Å². The number of rotatable bonds is 6. The lowest BCUT2D eigenvalue weighted by atomic mass is 10.1. The molecule has 1 amide bonds. The van der Waals surface area contributed by atoms with Crippen LogP contribution in [-0.4, -0.2) is 24.0 Å². The molecule has 0 aliphatic carbocycles. The fourth-order valence-corrected chi connectivity index (χ4v) is 3.51. The number of amides is 1. The van der Waals surface area contributed by atoms with Crippen LogP contribution in [-0.2, 0) is 6.54 Å². The number of hydrogen-bond acceptors (Lipinski definition) is 4. The Hall–Kier alpha value is -3.34. The van der Waals surface area contributed by atoms with E-state index in [4.69, 9.17) is 0 Å². The fourth-order valence-electron chi connectivity index (χ4n) is 3.51. The van der Waals surface area contributed by atoms with Crippen molar-refractivity contribution in [2.75, 3.05) is 23.3 Å².